The number of aryl methyl sites for hydroxylation is 1. The highest BCUT2D eigenvalue weighted by molar-refractivity contribution is 14.1. The van der Waals surface area contributed by atoms with Gasteiger partial charge in [-0.15, -0.1) is 13.2 Å². The van der Waals surface area contributed by atoms with Crippen LogP contribution in [0, 0.1) is 10.6 Å². The zero-order chi connectivity index (χ0) is 13.4. The van der Waals surface area contributed by atoms with Gasteiger partial charge in [0.05, 0.1) is 5.56 Å². The lowest BCUT2D eigenvalue weighted by atomic mass is 10.1. The molecule has 1 heterocycles. The Hall–Kier alpha value is -0.740. The van der Waals surface area contributed by atoms with Crippen LogP contribution in [0.15, 0.2) is 6.07 Å². The van der Waals surface area contributed by atoms with E-state index in [-0.39, 0.29) is 5.56 Å². The van der Waals surface area contributed by atoms with Crippen LogP contribution in [0.4, 0.5) is 26.3 Å². The van der Waals surface area contributed by atoms with Crippen LogP contribution in [0.2, 0.25) is 0 Å². The monoisotopic (exact) mass is 371 g/mol. The average molecular weight is 371 g/mol. The molecule has 96 valence electrons. The highest BCUT2D eigenvalue weighted by atomic mass is 127. The lowest BCUT2D eigenvalue weighted by Crippen LogP contribution is -2.19. The molecule has 17 heavy (non-hydrogen) atoms. The first-order valence-corrected chi connectivity index (χ1v) is 5.08. The predicted molar refractivity (Wildman–Crippen MR) is 53.4 cm³/mol. The Morgan fingerprint density at radius 2 is 1.71 bits per heavy atom. The topological polar surface area (TPSA) is 22.1 Å². The van der Waals surface area contributed by atoms with Gasteiger partial charge in [0.15, 0.2) is 0 Å². The normalized spacial score (nSPS) is 12.7. The van der Waals surface area contributed by atoms with Crippen molar-refractivity contribution < 1.29 is 31.1 Å². The molecule has 0 bridgehead atoms. The van der Waals surface area contributed by atoms with Gasteiger partial charge in [0, 0.05) is 6.07 Å². The van der Waals surface area contributed by atoms with Crippen LogP contribution in [0.25, 0.3) is 0 Å². The summed E-state index contributed by atoms with van der Waals surface area (Å²) in [5, 5.41) is 0. The fourth-order valence-corrected chi connectivity index (χ4v) is 2.09. The Labute approximate surface area is 105 Å². The van der Waals surface area contributed by atoms with Gasteiger partial charge >= 0.3 is 12.5 Å². The Morgan fingerprint density at radius 1 is 1.18 bits per heavy atom. The summed E-state index contributed by atoms with van der Waals surface area (Å²) >= 11 is 1.21. The number of nitrogens with zero attached hydrogens (tertiary/aromatic N) is 1. The zero-order valence-electron chi connectivity index (χ0n) is 8.08. The molecule has 0 unspecified atom stereocenters. The van der Waals surface area contributed by atoms with E-state index < -0.39 is 27.7 Å². The van der Waals surface area contributed by atoms with Gasteiger partial charge in [-0.3, -0.25) is 0 Å². The van der Waals surface area contributed by atoms with Crippen molar-refractivity contribution in [1.82, 2.24) is 4.98 Å². The molecule has 0 spiro atoms. The highest BCUT2D eigenvalue weighted by Crippen LogP contribution is 2.36. The fourth-order valence-electron chi connectivity index (χ4n) is 1.12. The maximum absolute atomic E-state index is 12.5. The first-order chi connectivity index (χ1) is 7.50. The Kier molecular flexibility index (Phi) is 3.79. The molecule has 0 fully saturated rings. The van der Waals surface area contributed by atoms with Gasteiger partial charge in [0.1, 0.15) is 3.70 Å². The molecular weight excluding hydrogens is 367 g/mol. The van der Waals surface area contributed by atoms with Crippen LogP contribution in [0.3, 0.4) is 0 Å². The van der Waals surface area contributed by atoms with Gasteiger partial charge in [-0.2, -0.15) is 13.2 Å². The molecule has 0 aliphatic heterocycles. The van der Waals surface area contributed by atoms with Crippen LogP contribution in [-0.4, -0.2) is 11.3 Å². The molecule has 0 saturated heterocycles. The number of ether oxygens (including phenoxy) is 1. The van der Waals surface area contributed by atoms with E-state index in [0.717, 1.165) is 6.92 Å². The summed E-state index contributed by atoms with van der Waals surface area (Å²) in [4.78, 5) is 3.11. The van der Waals surface area contributed by atoms with E-state index in [1.165, 1.54) is 22.6 Å². The molecule has 1 rings (SSSR count). The van der Waals surface area contributed by atoms with Crippen molar-refractivity contribution in [1.29, 1.82) is 0 Å². The van der Waals surface area contributed by atoms with Crippen LogP contribution >= 0.6 is 22.6 Å². The number of hydrogen-bond acceptors (Lipinski definition) is 2. The molecule has 9 heteroatoms. The molecule has 0 radical (unpaired) electrons. The standard InChI is InChI=1S/C8H4F6INO/c1-3-2-4(17-8(12,13)14)16-6(15)5(3)7(9,10)11/h2H,1H3. The SMILES string of the molecule is Cc1cc(OC(F)(F)F)nc(I)c1C(F)(F)F. The Morgan fingerprint density at radius 3 is 2.06 bits per heavy atom. The maximum atomic E-state index is 12.5. The molecule has 2 nitrogen and oxygen atoms in total. The molecular formula is C8H4F6INO. The first-order valence-electron chi connectivity index (χ1n) is 4.01. The van der Waals surface area contributed by atoms with Gasteiger partial charge in [-0.1, -0.05) is 0 Å². The zero-order valence-corrected chi connectivity index (χ0v) is 10.2. The number of hydrogen-bond donors (Lipinski definition) is 0. The third kappa shape index (κ3) is 3.89. The van der Waals surface area contributed by atoms with E-state index in [1.807, 2.05) is 0 Å². The lowest BCUT2D eigenvalue weighted by Gasteiger charge is -2.14. The summed E-state index contributed by atoms with van der Waals surface area (Å²) in [6.07, 6.45) is -9.65. The minimum Gasteiger partial charge on any atom is -0.388 e. The lowest BCUT2D eigenvalue weighted by molar-refractivity contribution is -0.276. The van der Waals surface area contributed by atoms with Crippen molar-refractivity contribution in [3.8, 4) is 5.88 Å². The molecule has 0 amide bonds. The van der Waals surface area contributed by atoms with Gasteiger partial charge in [-0.05, 0) is 35.1 Å². The quantitative estimate of drug-likeness (QED) is 0.424. The van der Waals surface area contributed by atoms with E-state index in [1.54, 1.807) is 0 Å². The van der Waals surface area contributed by atoms with Crippen molar-refractivity contribution in [2.24, 2.45) is 0 Å². The first kappa shape index (κ1) is 14.3. The number of alkyl halides is 6. The summed E-state index contributed by atoms with van der Waals surface area (Å²) in [5.41, 5.74) is -1.44. The minimum absolute atomic E-state index is 0.379. The summed E-state index contributed by atoms with van der Waals surface area (Å²) in [5.74, 6) is -0.910. The van der Waals surface area contributed by atoms with E-state index in [2.05, 4.69) is 9.72 Å². The molecule has 0 aliphatic carbocycles. The summed E-state index contributed by atoms with van der Waals surface area (Å²) < 4.78 is 75.8. The summed E-state index contributed by atoms with van der Waals surface area (Å²) in [6.45, 7) is 1.04. The van der Waals surface area contributed by atoms with Crippen LogP contribution < -0.4 is 4.74 Å². The second-order valence-corrected chi connectivity index (χ2v) is 4.01. The van der Waals surface area contributed by atoms with Gasteiger partial charge in [0.25, 0.3) is 0 Å². The van der Waals surface area contributed by atoms with Gasteiger partial charge < -0.3 is 4.74 Å². The van der Waals surface area contributed by atoms with Crippen molar-refractivity contribution in [3.63, 3.8) is 0 Å². The number of aromatic nitrogens is 1. The van der Waals surface area contributed by atoms with Crippen molar-refractivity contribution in [2.75, 3.05) is 0 Å². The Balaban J connectivity index is 3.19. The predicted octanol–water partition coefficient (Wildman–Crippen LogP) is 3.91. The largest absolute Gasteiger partial charge is 0.574 e. The molecule has 0 N–H and O–H groups in total. The summed E-state index contributed by atoms with van der Waals surface area (Å²) in [7, 11) is 0. The molecule has 0 aliphatic rings. The van der Waals surface area contributed by atoms with E-state index in [4.69, 9.17) is 0 Å². The average Bonchev–Trinajstić information content (AvgIpc) is 1.94. The fraction of sp³-hybridized carbons (Fsp3) is 0.375. The van der Waals surface area contributed by atoms with Crippen LogP contribution in [0.1, 0.15) is 11.1 Å². The summed E-state index contributed by atoms with van der Waals surface area (Å²) in [6, 6.07) is 0.596. The van der Waals surface area contributed by atoms with Gasteiger partial charge in [-0.25, -0.2) is 4.98 Å². The third-order valence-electron chi connectivity index (χ3n) is 1.65. The maximum Gasteiger partial charge on any atom is 0.574 e. The Bertz CT molecular complexity index is 404. The molecule has 1 aromatic rings. The van der Waals surface area contributed by atoms with E-state index in [9.17, 15) is 26.3 Å². The van der Waals surface area contributed by atoms with Crippen molar-refractivity contribution >= 4 is 22.6 Å². The highest BCUT2D eigenvalue weighted by Gasteiger charge is 2.37. The minimum atomic E-state index is -4.98. The second kappa shape index (κ2) is 4.50. The van der Waals surface area contributed by atoms with Crippen molar-refractivity contribution in [2.45, 2.75) is 19.5 Å². The molecule has 0 saturated carbocycles. The van der Waals surface area contributed by atoms with Crippen LogP contribution in [-0.2, 0) is 6.18 Å². The third-order valence-corrected chi connectivity index (χ3v) is 2.43. The molecule has 0 atom stereocenters. The van der Waals surface area contributed by atoms with Crippen molar-refractivity contribution in [3.05, 3.63) is 20.9 Å². The molecule has 0 aromatic carbocycles. The van der Waals surface area contributed by atoms with E-state index >= 15 is 0 Å². The number of halogens is 7. The van der Waals surface area contributed by atoms with Gasteiger partial charge in [0.2, 0.25) is 5.88 Å². The van der Waals surface area contributed by atoms with Crippen LogP contribution in [0.5, 0.6) is 5.88 Å². The number of rotatable bonds is 1. The van der Waals surface area contributed by atoms with E-state index in [0.29, 0.717) is 6.07 Å². The molecule has 1 aromatic heterocycles. The second-order valence-electron chi connectivity index (χ2n) is 2.99. The smallest absolute Gasteiger partial charge is 0.388 e. The number of pyridine rings is 1.